The normalized spacial score (nSPS) is 15.1. The number of hydrogen-bond acceptors (Lipinski definition) is 12. The average Bonchev–Trinajstić information content (AvgIpc) is 3.43. The van der Waals surface area contributed by atoms with Gasteiger partial charge in [-0.05, 0) is 25.7 Å². The number of carbonyl (C=O) groups is 2. The minimum Gasteiger partial charge on any atom is -0.392 e. The molecule has 0 aromatic carbocycles. The van der Waals surface area contributed by atoms with Crippen molar-refractivity contribution in [2.45, 2.75) is 335 Å². The monoisotopic (exact) mass is 1170 g/mol. The Labute approximate surface area is 505 Å². The van der Waals surface area contributed by atoms with Crippen LogP contribution in [0.2, 0.25) is 0 Å². The van der Waals surface area contributed by atoms with Crippen molar-refractivity contribution >= 4 is 33.8 Å². The molecule has 0 spiro atoms. The molecule has 12 heteroatoms. The fraction of sp³-hybridized carbons (Fsp3) is 0.971. The highest BCUT2D eigenvalue weighted by molar-refractivity contribution is 8.14. The number of rotatable bonds is 62. The fourth-order valence-corrected chi connectivity index (χ4v) is 13.4. The van der Waals surface area contributed by atoms with E-state index in [1.165, 1.54) is 229 Å². The second-order valence-electron chi connectivity index (χ2n) is 25.0. The summed E-state index contributed by atoms with van der Waals surface area (Å²) in [6.07, 6.45) is 52.6. The molecular formula is C68H136N4O6S2. The molecule has 0 radical (unpaired) electrons. The SMILES string of the molecule is CCCCCCCCCCCCC(O)CN(CCSC(=O)CN1CCN(CC(=O)SCCN(CC(O)CCCCCCCCCCCC)CC(O)CCCCCCCCCCCC)CC1)CC(O)CCCCCCCCCCCC. The molecule has 4 N–H and O–H groups in total. The van der Waals surface area contributed by atoms with Crippen LogP contribution in [0.3, 0.4) is 0 Å². The lowest BCUT2D eigenvalue weighted by Crippen LogP contribution is -2.48. The molecule has 4 atom stereocenters. The summed E-state index contributed by atoms with van der Waals surface area (Å²) in [6.45, 7) is 16.4. The molecular weight excluding hydrogens is 1030 g/mol. The van der Waals surface area contributed by atoms with Gasteiger partial charge in [-0.1, -0.05) is 308 Å². The smallest absolute Gasteiger partial charge is 0.202 e. The van der Waals surface area contributed by atoms with E-state index in [2.05, 4.69) is 47.3 Å². The summed E-state index contributed by atoms with van der Waals surface area (Å²) in [5, 5.41) is 44.8. The topological polar surface area (TPSA) is 128 Å². The first kappa shape index (κ1) is 77.7. The van der Waals surface area contributed by atoms with Crippen LogP contribution >= 0.6 is 23.5 Å². The summed E-state index contributed by atoms with van der Waals surface area (Å²) in [4.78, 5) is 35.4. The summed E-state index contributed by atoms with van der Waals surface area (Å²) >= 11 is 2.76. The Hall–Kier alpha value is -0.280. The van der Waals surface area contributed by atoms with Crippen LogP contribution in [0.5, 0.6) is 0 Å². The molecule has 1 aliphatic rings. The van der Waals surface area contributed by atoms with Gasteiger partial charge in [0.25, 0.3) is 0 Å². The molecule has 0 saturated carbocycles. The van der Waals surface area contributed by atoms with Crippen LogP contribution in [0.1, 0.15) is 310 Å². The van der Waals surface area contributed by atoms with E-state index in [1.54, 1.807) is 0 Å². The van der Waals surface area contributed by atoms with Gasteiger partial charge < -0.3 is 20.4 Å². The van der Waals surface area contributed by atoms with Crippen LogP contribution in [-0.2, 0) is 9.59 Å². The molecule has 0 aromatic rings. The number of aliphatic hydroxyl groups excluding tert-OH is 4. The Bertz CT molecular complexity index is 1150. The zero-order chi connectivity index (χ0) is 58.2. The van der Waals surface area contributed by atoms with Gasteiger partial charge in [0.15, 0.2) is 0 Å². The number of thioether (sulfide) groups is 2. The number of nitrogens with zero attached hydrogens (tertiary/aromatic N) is 4. The van der Waals surface area contributed by atoms with Gasteiger partial charge in [0.1, 0.15) is 0 Å². The summed E-state index contributed by atoms with van der Waals surface area (Å²) in [5.74, 6) is 1.29. The van der Waals surface area contributed by atoms with Gasteiger partial charge >= 0.3 is 0 Å². The maximum absolute atomic E-state index is 13.3. The van der Waals surface area contributed by atoms with Crippen LogP contribution in [0.4, 0.5) is 0 Å². The summed E-state index contributed by atoms with van der Waals surface area (Å²) in [5.41, 5.74) is 0. The van der Waals surface area contributed by atoms with Crippen molar-refractivity contribution in [1.82, 2.24) is 19.6 Å². The lowest BCUT2D eigenvalue weighted by atomic mass is 10.0. The summed E-state index contributed by atoms with van der Waals surface area (Å²) in [6, 6.07) is 0. The third-order valence-corrected chi connectivity index (χ3v) is 18.6. The lowest BCUT2D eigenvalue weighted by molar-refractivity contribution is -0.114. The Balaban J connectivity index is 2.55. The van der Waals surface area contributed by atoms with E-state index in [4.69, 9.17) is 0 Å². The molecule has 1 rings (SSSR count). The zero-order valence-electron chi connectivity index (χ0n) is 53.5. The quantitative estimate of drug-likeness (QED) is 0.0433. The van der Waals surface area contributed by atoms with Crippen molar-refractivity contribution in [2.75, 3.05) is 90.0 Å². The fourth-order valence-electron chi connectivity index (χ4n) is 11.7. The maximum Gasteiger partial charge on any atom is 0.202 e. The van der Waals surface area contributed by atoms with Crippen molar-refractivity contribution in [3.05, 3.63) is 0 Å². The predicted octanol–water partition coefficient (Wildman–Crippen LogP) is 16.4. The van der Waals surface area contributed by atoms with Crippen LogP contribution in [0.15, 0.2) is 0 Å². The third-order valence-electron chi connectivity index (χ3n) is 17.0. The molecule has 0 bridgehead atoms. The lowest BCUT2D eigenvalue weighted by Gasteiger charge is -2.33. The molecule has 476 valence electrons. The van der Waals surface area contributed by atoms with E-state index in [1.807, 2.05) is 0 Å². The van der Waals surface area contributed by atoms with E-state index >= 15 is 0 Å². The molecule has 4 unspecified atom stereocenters. The number of piperazine rings is 1. The van der Waals surface area contributed by atoms with E-state index < -0.39 is 24.4 Å². The van der Waals surface area contributed by atoms with Gasteiger partial charge in [0.2, 0.25) is 10.2 Å². The van der Waals surface area contributed by atoms with Crippen LogP contribution < -0.4 is 0 Å². The highest BCUT2D eigenvalue weighted by Crippen LogP contribution is 2.19. The van der Waals surface area contributed by atoms with E-state index in [9.17, 15) is 30.0 Å². The highest BCUT2D eigenvalue weighted by Gasteiger charge is 2.23. The highest BCUT2D eigenvalue weighted by atomic mass is 32.2. The number of aliphatic hydroxyl groups is 4. The Kier molecular flexibility index (Phi) is 57.4. The van der Waals surface area contributed by atoms with E-state index in [0.29, 0.717) is 63.9 Å². The van der Waals surface area contributed by atoms with E-state index in [0.717, 1.165) is 103 Å². The summed E-state index contributed by atoms with van der Waals surface area (Å²) < 4.78 is 0. The van der Waals surface area contributed by atoms with Crippen LogP contribution in [0.25, 0.3) is 0 Å². The van der Waals surface area contributed by atoms with E-state index in [-0.39, 0.29) is 10.2 Å². The first-order valence-electron chi connectivity index (χ1n) is 35.0. The second-order valence-corrected chi connectivity index (χ2v) is 27.3. The molecule has 0 aromatic heterocycles. The predicted molar refractivity (Wildman–Crippen MR) is 351 cm³/mol. The minimum atomic E-state index is -0.420. The average molecular weight is 1170 g/mol. The van der Waals surface area contributed by atoms with Crippen LogP contribution in [-0.4, -0.2) is 165 Å². The molecule has 0 amide bonds. The molecule has 1 aliphatic heterocycles. The van der Waals surface area contributed by atoms with Crippen molar-refractivity contribution in [2.24, 2.45) is 0 Å². The van der Waals surface area contributed by atoms with Gasteiger partial charge in [0.05, 0.1) is 37.5 Å². The van der Waals surface area contributed by atoms with Gasteiger partial charge in [0, 0.05) is 77.0 Å². The summed E-state index contributed by atoms with van der Waals surface area (Å²) in [7, 11) is 0. The number of unbranched alkanes of at least 4 members (excludes halogenated alkanes) is 36. The van der Waals surface area contributed by atoms with Crippen molar-refractivity contribution in [1.29, 1.82) is 0 Å². The van der Waals surface area contributed by atoms with Crippen molar-refractivity contribution in [3.8, 4) is 0 Å². The van der Waals surface area contributed by atoms with Crippen molar-refractivity contribution < 1.29 is 30.0 Å². The minimum absolute atomic E-state index is 0.161. The molecule has 80 heavy (non-hydrogen) atoms. The standard InChI is InChI=1S/C68H136N4O6S2/c1-5-9-13-17-21-25-29-33-37-41-45-63(73)57-71(58-64(74)46-42-38-34-30-26-22-18-14-10-6-2)53-55-79-67(77)61-69-49-51-70(52-50-69)62-68(78)80-56-54-72(59-65(75)47-43-39-35-31-27-23-19-15-11-7-3)60-66(76)48-44-40-36-32-28-24-20-16-12-8-4/h63-66,73-76H,5-62H2,1-4H3. The van der Waals surface area contributed by atoms with Gasteiger partial charge in [-0.2, -0.15) is 0 Å². The molecule has 0 aliphatic carbocycles. The first-order chi connectivity index (χ1) is 39.1. The molecule has 1 saturated heterocycles. The molecule has 1 fully saturated rings. The van der Waals surface area contributed by atoms with Crippen LogP contribution in [0, 0.1) is 0 Å². The van der Waals surface area contributed by atoms with Gasteiger partial charge in [-0.15, -0.1) is 0 Å². The number of carbonyl (C=O) groups excluding carboxylic acids is 2. The zero-order valence-corrected chi connectivity index (χ0v) is 55.2. The Morgan fingerprint density at radius 3 is 0.713 bits per heavy atom. The van der Waals surface area contributed by atoms with Gasteiger partial charge in [-0.3, -0.25) is 29.2 Å². The third kappa shape index (κ3) is 52.1. The van der Waals surface area contributed by atoms with Gasteiger partial charge in [-0.25, -0.2) is 0 Å². The van der Waals surface area contributed by atoms with Crippen molar-refractivity contribution in [3.63, 3.8) is 0 Å². The molecule has 1 heterocycles. The maximum atomic E-state index is 13.3. The second kappa shape index (κ2) is 59.1. The molecule has 10 nitrogen and oxygen atoms in total. The Morgan fingerprint density at radius 2 is 0.512 bits per heavy atom. The number of hydrogen-bond donors (Lipinski definition) is 4. The Morgan fingerprint density at radius 1 is 0.325 bits per heavy atom. The largest absolute Gasteiger partial charge is 0.392 e. The first-order valence-corrected chi connectivity index (χ1v) is 37.0.